The highest BCUT2D eigenvalue weighted by Crippen LogP contribution is 2.35. The molecule has 2 N–H and O–H groups in total. The second-order valence-electron chi connectivity index (χ2n) is 4.64. The normalized spacial score (nSPS) is 13.9. The number of nitrogen functional groups attached to an aromatic ring is 1. The van der Waals surface area contributed by atoms with E-state index in [2.05, 4.69) is 27.9 Å². The number of hydrogen-bond donors (Lipinski definition) is 1. The Morgan fingerprint density at radius 1 is 1.35 bits per heavy atom. The summed E-state index contributed by atoms with van der Waals surface area (Å²) in [5, 5.41) is 1.39. The molecular weight excluding hydrogens is 315 g/mol. The minimum absolute atomic E-state index is 0. The van der Waals surface area contributed by atoms with Gasteiger partial charge in [0.25, 0.3) is 0 Å². The summed E-state index contributed by atoms with van der Waals surface area (Å²) in [5.74, 6) is 0. The Balaban J connectivity index is 0.00000147. The fourth-order valence-corrected chi connectivity index (χ4v) is 3.20. The summed E-state index contributed by atoms with van der Waals surface area (Å²) >= 11 is 7.66. The van der Waals surface area contributed by atoms with Gasteiger partial charge in [-0.15, -0.1) is 23.7 Å². The maximum Gasteiger partial charge on any atom is 0.180 e. The van der Waals surface area contributed by atoms with Crippen molar-refractivity contribution >= 4 is 51.9 Å². The van der Waals surface area contributed by atoms with Crippen molar-refractivity contribution in [3.63, 3.8) is 0 Å². The van der Waals surface area contributed by atoms with Crippen LogP contribution in [0.15, 0.2) is 24.4 Å². The lowest BCUT2D eigenvalue weighted by Crippen LogP contribution is -2.38. The van der Waals surface area contributed by atoms with E-state index in [1.165, 1.54) is 27.6 Å². The molecule has 0 atom stereocenters. The predicted molar refractivity (Wildman–Crippen MR) is 89.5 cm³/mol. The van der Waals surface area contributed by atoms with Gasteiger partial charge >= 0.3 is 0 Å². The molecule has 0 saturated heterocycles. The van der Waals surface area contributed by atoms with Gasteiger partial charge in [0, 0.05) is 36.2 Å². The van der Waals surface area contributed by atoms with E-state index in [-0.39, 0.29) is 12.4 Å². The second-order valence-corrected chi connectivity index (χ2v) is 6.22. The Labute approximate surface area is 133 Å². The monoisotopic (exact) mass is 330 g/mol. The van der Waals surface area contributed by atoms with Crippen LogP contribution in [0.2, 0.25) is 5.02 Å². The molecule has 4 nitrogen and oxygen atoms in total. The lowest BCUT2D eigenvalue weighted by Gasteiger charge is -2.36. The van der Waals surface area contributed by atoms with Crippen molar-refractivity contribution in [1.82, 2.24) is 4.98 Å². The summed E-state index contributed by atoms with van der Waals surface area (Å²) < 4.78 is 0. The van der Waals surface area contributed by atoms with Gasteiger partial charge in [-0.3, -0.25) is 0 Å². The molecule has 1 aromatic carbocycles. The van der Waals surface area contributed by atoms with Gasteiger partial charge in [-0.05, 0) is 18.2 Å². The number of rotatable bonds is 2. The van der Waals surface area contributed by atoms with Crippen LogP contribution in [-0.4, -0.2) is 25.1 Å². The molecule has 0 fully saturated rings. The number of nitrogens with zero attached hydrogens (tertiary/aromatic N) is 3. The quantitative estimate of drug-likeness (QED) is 0.917. The molecule has 1 aliphatic heterocycles. The van der Waals surface area contributed by atoms with Crippen LogP contribution in [0.25, 0.3) is 0 Å². The Morgan fingerprint density at radius 3 is 2.85 bits per heavy atom. The molecule has 1 aromatic heterocycles. The van der Waals surface area contributed by atoms with Crippen molar-refractivity contribution in [3.8, 4) is 0 Å². The molecule has 2 aromatic rings. The first-order chi connectivity index (χ1) is 9.13. The van der Waals surface area contributed by atoms with Crippen molar-refractivity contribution in [2.45, 2.75) is 6.54 Å². The molecule has 108 valence electrons. The van der Waals surface area contributed by atoms with Gasteiger partial charge in [-0.1, -0.05) is 11.6 Å². The van der Waals surface area contributed by atoms with Crippen molar-refractivity contribution in [1.29, 1.82) is 0 Å². The van der Waals surface area contributed by atoms with Crippen LogP contribution in [0.3, 0.4) is 0 Å². The van der Waals surface area contributed by atoms with Crippen LogP contribution >= 0.6 is 35.3 Å². The lowest BCUT2D eigenvalue weighted by atomic mass is 10.1. The topological polar surface area (TPSA) is 45.4 Å². The van der Waals surface area contributed by atoms with Crippen LogP contribution < -0.4 is 15.5 Å². The highest BCUT2D eigenvalue weighted by atomic mass is 35.5. The SMILES string of the molecule is CN1CCN(Cc2cnc(N)s2)c2cc(Cl)ccc21.Cl. The standard InChI is InChI=1S/C13H15ClN4S.ClH/c1-17-4-5-18(8-10-7-16-13(15)19-10)12-6-9(14)2-3-11(12)17;/h2-3,6-7H,4-5,8H2,1H3,(H2,15,16);1H. The predicted octanol–water partition coefficient (Wildman–Crippen LogP) is 3.26. The third kappa shape index (κ3) is 2.95. The van der Waals surface area contributed by atoms with Gasteiger partial charge in [0.15, 0.2) is 5.13 Å². The number of fused-ring (bicyclic) bond motifs is 1. The summed E-state index contributed by atoms with van der Waals surface area (Å²) in [4.78, 5) is 9.86. The number of likely N-dealkylation sites (N-methyl/N-ethyl adjacent to an activating group) is 1. The smallest absolute Gasteiger partial charge is 0.180 e. The first-order valence-corrected chi connectivity index (χ1v) is 7.29. The Morgan fingerprint density at radius 2 is 2.15 bits per heavy atom. The van der Waals surface area contributed by atoms with Crippen molar-refractivity contribution in [2.75, 3.05) is 35.7 Å². The van der Waals surface area contributed by atoms with Gasteiger partial charge in [0.1, 0.15) is 0 Å². The summed E-state index contributed by atoms with van der Waals surface area (Å²) in [6.45, 7) is 2.81. The zero-order valence-corrected chi connectivity index (χ0v) is 13.4. The lowest BCUT2D eigenvalue weighted by molar-refractivity contribution is 0.739. The summed E-state index contributed by atoms with van der Waals surface area (Å²) in [5.41, 5.74) is 8.07. The molecule has 0 aliphatic carbocycles. The molecule has 0 radical (unpaired) electrons. The van der Waals surface area contributed by atoms with Crippen LogP contribution in [0.1, 0.15) is 4.88 Å². The van der Waals surface area contributed by atoms with E-state index in [0.717, 1.165) is 24.7 Å². The zero-order valence-electron chi connectivity index (χ0n) is 11.0. The molecule has 7 heteroatoms. The zero-order chi connectivity index (χ0) is 13.4. The minimum atomic E-state index is 0. The largest absolute Gasteiger partial charge is 0.375 e. The van der Waals surface area contributed by atoms with E-state index < -0.39 is 0 Å². The van der Waals surface area contributed by atoms with Gasteiger partial charge < -0.3 is 15.5 Å². The van der Waals surface area contributed by atoms with E-state index in [0.29, 0.717) is 5.13 Å². The number of nitrogens with two attached hydrogens (primary N) is 1. The Hall–Kier alpha value is -1.17. The fraction of sp³-hybridized carbons (Fsp3) is 0.308. The van der Waals surface area contributed by atoms with E-state index in [1.807, 2.05) is 18.3 Å². The number of thiazole rings is 1. The number of halogens is 2. The van der Waals surface area contributed by atoms with E-state index in [9.17, 15) is 0 Å². The molecule has 0 spiro atoms. The summed E-state index contributed by atoms with van der Waals surface area (Å²) in [6, 6.07) is 6.03. The third-order valence-corrected chi connectivity index (χ3v) is 4.36. The molecule has 1 aliphatic rings. The fourth-order valence-electron chi connectivity index (χ4n) is 2.33. The van der Waals surface area contributed by atoms with E-state index >= 15 is 0 Å². The van der Waals surface area contributed by atoms with Crippen molar-refractivity contribution in [2.24, 2.45) is 0 Å². The minimum Gasteiger partial charge on any atom is -0.375 e. The average molecular weight is 331 g/mol. The van der Waals surface area contributed by atoms with Gasteiger partial charge in [0.2, 0.25) is 0 Å². The van der Waals surface area contributed by atoms with Crippen LogP contribution in [0.5, 0.6) is 0 Å². The molecule has 0 unspecified atom stereocenters. The first kappa shape index (κ1) is 15.2. The molecule has 2 heterocycles. The van der Waals surface area contributed by atoms with Crippen LogP contribution in [0, 0.1) is 0 Å². The molecule has 3 rings (SSSR count). The van der Waals surface area contributed by atoms with E-state index in [1.54, 1.807) is 0 Å². The highest BCUT2D eigenvalue weighted by molar-refractivity contribution is 7.15. The molecule has 0 saturated carbocycles. The number of anilines is 3. The summed E-state index contributed by atoms with van der Waals surface area (Å²) in [7, 11) is 2.11. The maximum absolute atomic E-state index is 6.12. The molecule has 20 heavy (non-hydrogen) atoms. The average Bonchev–Trinajstić information content (AvgIpc) is 2.78. The number of hydrogen-bond acceptors (Lipinski definition) is 5. The van der Waals surface area contributed by atoms with E-state index in [4.69, 9.17) is 17.3 Å². The maximum atomic E-state index is 6.12. The summed E-state index contributed by atoms with van der Waals surface area (Å²) in [6.07, 6.45) is 1.85. The van der Waals surface area contributed by atoms with Gasteiger partial charge in [0.05, 0.1) is 17.9 Å². The number of benzene rings is 1. The van der Waals surface area contributed by atoms with Crippen LogP contribution in [0.4, 0.5) is 16.5 Å². The van der Waals surface area contributed by atoms with Crippen LogP contribution in [-0.2, 0) is 6.54 Å². The third-order valence-electron chi connectivity index (χ3n) is 3.31. The highest BCUT2D eigenvalue weighted by Gasteiger charge is 2.21. The number of aromatic nitrogens is 1. The molecule has 0 amide bonds. The van der Waals surface area contributed by atoms with Gasteiger partial charge in [-0.2, -0.15) is 0 Å². The second kappa shape index (κ2) is 6.08. The first-order valence-electron chi connectivity index (χ1n) is 6.09. The molecule has 0 bridgehead atoms. The van der Waals surface area contributed by atoms with Gasteiger partial charge in [-0.25, -0.2) is 4.98 Å². The Kier molecular flexibility index (Phi) is 4.62. The van der Waals surface area contributed by atoms with Crippen molar-refractivity contribution < 1.29 is 0 Å². The molecular formula is C13H16Cl2N4S. The van der Waals surface area contributed by atoms with Crippen molar-refractivity contribution in [3.05, 3.63) is 34.3 Å². The Bertz CT molecular complexity index is 602.